The normalized spacial score (nSPS) is 17.5. The number of hydrogen-bond donors (Lipinski definition) is 0. The summed E-state index contributed by atoms with van der Waals surface area (Å²) in [6.45, 7) is 5.59. The molecule has 1 saturated heterocycles. The number of ketones is 1. The molecule has 1 fully saturated rings. The smallest absolute Gasteiger partial charge is 0.245 e. The van der Waals surface area contributed by atoms with Crippen LogP contribution >= 0.6 is 0 Å². The topological polar surface area (TPSA) is 86.0 Å². The summed E-state index contributed by atoms with van der Waals surface area (Å²) < 4.78 is 8.05. The van der Waals surface area contributed by atoms with Crippen molar-refractivity contribution in [3.63, 3.8) is 0 Å². The second kappa shape index (κ2) is 7.03. The standard InChI is InChI=1S/C19H22N6O2/c1-12-4-5-14(8-20-12)17-23-16-18(24(17)3)21-11-22-19(16)27-15-6-7-25(10-15)9-13(2)26/h4-5,8,11,15H,6-7,9-10H2,1-3H3. The molecular weight excluding hydrogens is 344 g/mol. The molecule has 1 unspecified atom stereocenters. The van der Waals surface area contributed by atoms with Gasteiger partial charge in [0.25, 0.3) is 0 Å². The predicted molar refractivity (Wildman–Crippen MR) is 100 cm³/mol. The van der Waals surface area contributed by atoms with E-state index in [1.54, 1.807) is 13.1 Å². The largest absolute Gasteiger partial charge is 0.471 e. The van der Waals surface area contributed by atoms with E-state index in [1.807, 2.05) is 30.7 Å². The van der Waals surface area contributed by atoms with E-state index in [-0.39, 0.29) is 11.9 Å². The number of Topliss-reactive ketones (excluding diaryl/α,β-unsaturated/α-hetero) is 1. The van der Waals surface area contributed by atoms with E-state index in [1.165, 1.54) is 6.33 Å². The zero-order chi connectivity index (χ0) is 19.0. The van der Waals surface area contributed by atoms with Crippen LogP contribution in [0.4, 0.5) is 0 Å². The summed E-state index contributed by atoms with van der Waals surface area (Å²) in [7, 11) is 1.92. The monoisotopic (exact) mass is 366 g/mol. The van der Waals surface area contributed by atoms with Crippen LogP contribution in [-0.4, -0.2) is 60.9 Å². The third-order valence-electron chi connectivity index (χ3n) is 4.75. The van der Waals surface area contributed by atoms with Crippen molar-refractivity contribution in [3.8, 4) is 17.3 Å². The Morgan fingerprint density at radius 2 is 2.15 bits per heavy atom. The fraction of sp³-hybridized carbons (Fsp3) is 0.421. The summed E-state index contributed by atoms with van der Waals surface area (Å²) in [4.78, 5) is 31.2. The third-order valence-corrected chi connectivity index (χ3v) is 4.75. The van der Waals surface area contributed by atoms with Gasteiger partial charge in [0.15, 0.2) is 11.2 Å². The van der Waals surface area contributed by atoms with E-state index in [2.05, 4.69) is 19.9 Å². The number of fused-ring (bicyclic) bond motifs is 1. The molecule has 0 aromatic carbocycles. The maximum absolute atomic E-state index is 11.3. The molecule has 0 spiro atoms. The number of pyridine rings is 1. The van der Waals surface area contributed by atoms with Crippen LogP contribution in [0.25, 0.3) is 22.6 Å². The molecule has 8 heteroatoms. The zero-order valence-corrected chi connectivity index (χ0v) is 15.7. The highest BCUT2D eigenvalue weighted by Gasteiger charge is 2.26. The Labute approximate surface area is 157 Å². The van der Waals surface area contributed by atoms with Crippen LogP contribution in [0.15, 0.2) is 24.7 Å². The average Bonchev–Trinajstić information content (AvgIpc) is 3.21. The fourth-order valence-corrected chi connectivity index (χ4v) is 3.43. The number of ether oxygens (including phenoxy) is 1. The Bertz CT molecular complexity index is 982. The minimum absolute atomic E-state index is 0.00560. The van der Waals surface area contributed by atoms with Crippen LogP contribution in [0.2, 0.25) is 0 Å². The molecule has 4 heterocycles. The van der Waals surface area contributed by atoms with Gasteiger partial charge in [0.05, 0.1) is 6.54 Å². The molecule has 0 amide bonds. The predicted octanol–water partition coefficient (Wildman–Crippen LogP) is 1.78. The van der Waals surface area contributed by atoms with Crippen molar-refractivity contribution in [1.82, 2.24) is 29.4 Å². The fourth-order valence-electron chi connectivity index (χ4n) is 3.43. The summed E-state index contributed by atoms with van der Waals surface area (Å²) in [6.07, 6.45) is 4.16. The number of aromatic nitrogens is 5. The summed E-state index contributed by atoms with van der Waals surface area (Å²) in [6, 6.07) is 3.95. The number of hydrogen-bond acceptors (Lipinski definition) is 7. The van der Waals surface area contributed by atoms with Crippen LogP contribution in [0.5, 0.6) is 5.88 Å². The van der Waals surface area contributed by atoms with Gasteiger partial charge >= 0.3 is 0 Å². The summed E-state index contributed by atoms with van der Waals surface area (Å²) >= 11 is 0. The number of imidazole rings is 1. The second-order valence-corrected chi connectivity index (χ2v) is 7.00. The van der Waals surface area contributed by atoms with Crippen LogP contribution in [0, 0.1) is 6.92 Å². The molecular formula is C19H22N6O2. The average molecular weight is 366 g/mol. The lowest BCUT2D eigenvalue weighted by atomic mass is 10.2. The van der Waals surface area contributed by atoms with E-state index in [0.29, 0.717) is 30.1 Å². The van der Waals surface area contributed by atoms with Gasteiger partial charge < -0.3 is 9.30 Å². The van der Waals surface area contributed by atoms with Crippen LogP contribution in [-0.2, 0) is 11.8 Å². The van der Waals surface area contributed by atoms with Crippen LogP contribution in [0.1, 0.15) is 19.0 Å². The third kappa shape index (κ3) is 3.52. The number of carbonyl (C=O) groups is 1. The molecule has 1 aliphatic heterocycles. The molecule has 3 aromatic heterocycles. The lowest BCUT2D eigenvalue weighted by Gasteiger charge is -2.15. The number of aryl methyl sites for hydroxylation is 2. The molecule has 1 aliphatic rings. The maximum Gasteiger partial charge on any atom is 0.245 e. The minimum atomic E-state index is -0.00560. The van der Waals surface area contributed by atoms with E-state index < -0.39 is 0 Å². The minimum Gasteiger partial charge on any atom is -0.471 e. The van der Waals surface area contributed by atoms with Crippen molar-refractivity contribution in [2.75, 3.05) is 19.6 Å². The first kappa shape index (κ1) is 17.5. The molecule has 0 radical (unpaired) electrons. The Morgan fingerprint density at radius 3 is 2.89 bits per heavy atom. The van der Waals surface area contributed by atoms with Crippen molar-refractivity contribution in [1.29, 1.82) is 0 Å². The quantitative estimate of drug-likeness (QED) is 0.680. The van der Waals surface area contributed by atoms with Gasteiger partial charge in [-0.15, -0.1) is 0 Å². The van der Waals surface area contributed by atoms with Crippen molar-refractivity contribution >= 4 is 16.9 Å². The molecule has 0 aliphatic carbocycles. The summed E-state index contributed by atoms with van der Waals surface area (Å²) in [5, 5.41) is 0. The first-order valence-corrected chi connectivity index (χ1v) is 9.00. The highest BCUT2D eigenvalue weighted by atomic mass is 16.5. The molecule has 3 aromatic rings. The number of likely N-dealkylation sites (tertiary alicyclic amines) is 1. The van der Waals surface area contributed by atoms with Crippen LogP contribution in [0.3, 0.4) is 0 Å². The SMILES string of the molecule is CC(=O)CN1CCC(Oc2ncnc3c2nc(-c2ccc(C)nc2)n3C)C1. The van der Waals surface area contributed by atoms with E-state index in [9.17, 15) is 4.79 Å². The van der Waals surface area contributed by atoms with Gasteiger partial charge in [0.1, 0.15) is 24.0 Å². The highest BCUT2D eigenvalue weighted by Crippen LogP contribution is 2.28. The first-order valence-electron chi connectivity index (χ1n) is 9.00. The lowest BCUT2D eigenvalue weighted by molar-refractivity contribution is -0.117. The number of rotatable bonds is 5. The van der Waals surface area contributed by atoms with E-state index in [0.717, 1.165) is 30.0 Å². The van der Waals surface area contributed by atoms with Crippen molar-refractivity contribution < 1.29 is 9.53 Å². The van der Waals surface area contributed by atoms with Crippen LogP contribution < -0.4 is 4.74 Å². The summed E-state index contributed by atoms with van der Waals surface area (Å²) in [5.74, 6) is 1.42. The second-order valence-electron chi connectivity index (χ2n) is 7.00. The van der Waals surface area contributed by atoms with Gasteiger partial charge in [-0.25, -0.2) is 9.97 Å². The maximum atomic E-state index is 11.3. The lowest BCUT2D eigenvalue weighted by Crippen LogP contribution is -2.29. The number of carbonyl (C=O) groups excluding carboxylic acids is 1. The zero-order valence-electron chi connectivity index (χ0n) is 15.7. The van der Waals surface area contributed by atoms with Gasteiger partial charge in [-0.2, -0.15) is 4.98 Å². The molecule has 0 bridgehead atoms. The number of nitrogens with zero attached hydrogens (tertiary/aromatic N) is 6. The van der Waals surface area contributed by atoms with E-state index >= 15 is 0 Å². The van der Waals surface area contributed by atoms with Gasteiger partial charge in [-0.3, -0.25) is 14.7 Å². The molecule has 0 N–H and O–H groups in total. The van der Waals surface area contributed by atoms with Crippen molar-refractivity contribution in [2.45, 2.75) is 26.4 Å². The van der Waals surface area contributed by atoms with Gasteiger partial charge in [-0.05, 0) is 32.4 Å². The Morgan fingerprint density at radius 1 is 1.30 bits per heavy atom. The van der Waals surface area contributed by atoms with Crippen molar-refractivity contribution in [2.24, 2.45) is 7.05 Å². The van der Waals surface area contributed by atoms with Gasteiger partial charge in [0, 0.05) is 37.6 Å². The molecule has 1 atom stereocenters. The summed E-state index contributed by atoms with van der Waals surface area (Å²) in [5.41, 5.74) is 3.23. The molecule has 0 saturated carbocycles. The van der Waals surface area contributed by atoms with Gasteiger partial charge in [0.2, 0.25) is 5.88 Å². The molecule has 140 valence electrons. The Hall–Kier alpha value is -2.87. The first-order chi connectivity index (χ1) is 13.0. The molecule has 4 rings (SSSR count). The molecule has 27 heavy (non-hydrogen) atoms. The highest BCUT2D eigenvalue weighted by molar-refractivity contribution is 5.81. The van der Waals surface area contributed by atoms with Crippen molar-refractivity contribution in [3.05, 3.63) is 30.4 Å². The Kier molecular flexibility index (Phi) is 4.57. The molecule has 8 nitrogen and oxygen atoms in total. The van der Waals surface area contributed by atoms with Gasteiger partial charge in [-0.1, -0.05) is 0 Å². The van der Waals surface area contributed by atoms with E-state index in [4.69, 9.17) is 9.72 Å². The Balaban J connectivity index is 1.62.